The highest BCUT2D eigenvalue weighted by molar-refractivity contribution is 9.10. The second kappa shape index (κ2) is 6.48. The molecular formula is C17H16BrFN2O. The molecule has 0 radical (unpaired) electrons. The molecule has 1 aliphatic heterocycles. The number of halogens is 2. The van der Waals surface area contributed by atoms with Crippen molar-refractivity contribution in [2.24, 2.45) is 0 Å². The van der Waals surface area contributed by atoms with Crippen LogP contribution in [0.5, 0.6) is 0 Å². The van der Waals surface area contributed by atoms with Gasteiger partial charge in [0.05, 0.1) is 0 Å². The van der Waals surface area contributed by atoms with Crippen molar-refractivity contribution in [3.63, 3.8) is 0 Å². The van der Waals surface area contributed by atoms with Gasteiger partial charge in [-0.3, -0.25) is 4.79 Å². The fraction of sp³-hybridized carbons (Fsp3) is 0.235. The van der Waals surface area contributed by atoms with Gasteiger partial charge in [-0.15, -0.1) is 0 Å². The highest BCUT2D eigenvalue weighted by Crippen LogP contribution is 2.21. The molecule has 0 aromatic heterocycles. The quantitative estimate of drug-likeness (QED) is 0.815. The van der Waals surface area contributed by atoms with Gasteiger partial charge in [0.15, 0.2) is 0 Å². The third-order valence-electron chi connectivity index (χ3n) is 3.81. The van der Waals surface area contributed by atoms with E-state index in [0.29, 0.717) is 18.7 Å². The minimum Gasteiger partial charge on any atom is -0.368 e. The number of hydrogen-bond acceptors (Lipinski definition) is 2. The molecule has 1 heterocycles. The number of carbonyl (C=O) groups is 1. The summed E-state index contributed by atoms with van der Waals surface area (Å²) in [4.78, 5) is 16.4. The smallest absolute Gasteiger partial charge is 0.254 e. The van der Waals surface area contributed by atoms with Crippen molar-refractivity contribution in [2.75, 3.05) is 31.1 Å². The molecule has 2 aromatic carbocycles. The molecule has 22 heavy (non-hydrogen) atoms. The van der Waals surface area contributed by atoms with E-state index in [4.69, 9.17) is 0 Å². The van der Waals surface area contributed by atoms with E-state index < -0.39 is 0 Å². The summed E-state index contributed by atoms with van der Waals surface area (Å²) in [6, 6.07) is 14.0. The van der Waals surface area contributed by atoms with Crippen LogP contribution in [0.4, 0.5) is 10.1 Å². The van der Waals surface area contributed by atoms with Gasteiger partial charge >= 0.3 is 0 Å². The fourth-order valence-electron chi connectivity index (χ4n) is 2.64. The van der Waals surface area contributed by atoms with Crippen molar-refractivity contribution in [3.05, 3.63) is 64.4 Å². The Morgan fingerprint density at radius 1 is 1.00 bits per heavy atom. The van der Waals surface area contributed by atoms with Crippen molar-refractivity contribution < 1.29 is 9.18 Å². The van der Waals surface area contributed by atoms with Crippen LogP contribution in [0.15, 0.2) is 53.0 Å². The molecule has 1 amide bonds. The first-order valence-corrected chi connectivity index (χ1v) is 7.98. The van der Waals surface area contributed by atoms with Crippen LogP contribution < -0.4 is 4.90 Å². The molecule has 0 N–H and O–H groups in total. The summed E-state index contributed by atoms with van der Waals surface area (Å²) in [6.45, 7) is 2.83. The molecule has 0 aliphatic carbocycles. The van der Waals surface area contributed by atoms with E-state index in [1.54, 1.807) is 17.0 Å². The topological polar surface area (TPSA) is 23.6 Å². The van der Waals surface area contributed by atoms with Crippen molar-refractivity contribution in [1.82, 2.24) is 4.90 Å². The lowest BCUT2D eigenvalue weighted by atomic mass is 10.1. The normalized spacial score (nSPS) is 15.0. The predicted octanol–water partition coefficient (Wildman–Crippen LogP) is 3.55. The van der Waals surface area contributed by atoms with E-state index in [1.807, 2.05) is 12.1 Å². The molecule has 0 atom stereocenters. The number of piperazine rings is 1. The summed E-state index contributed by atoms with van der Waals surface area (Å²) >= 11 is 3.47. The Labute approximate surface area is 137 Å². The number of rotatable bonds is 2. The second-order valence-electron chi connectivity index (χ2n) is 5.27. The number of benzene rings is 2. The molecular weight excluding hydrogens is 347 g/mol. The fourth-order valence-corrected chi connectivity index (χ4v) is 3.03. The third kappa shape index (κ3) is 3.30. The van der Waals surface area contributed by atoms with Crippen LogP contribution in [-0.2, 0) is 0 Å². The van der Waals surface area contributed by atoms with Gasteiger partial charge in [0.1, 0.15) is 5.82 Å². The van der Waals surface area contributed by atoms with Crippen LogP contribution in [0.3, 0.4) is 0 Å². The number of hydrogen-bond donors (Lipinski definition) is 0. The van der Waals surface area contributed by atoms with E-state index >= 15 is 0 Å². The summed E-state index contributed by atoms with van der Waals surface area (Å²) in [5.74, 6) is -0.480. The van der Waals surface area contributed by atoms with Crippen LogP contribution in [0.25, 0.3) is 0 Å². The molecule has 0 unspecified atom stereocenters. The van der Waals surface area contributed by atoms with E-state index in [0.717, 1.165) is 23.2 Å². The van der Waals surface area contributed by atoms with Crippen LogP contribution in [-0.4, -0.2) is 37.0 Å². The minimum atomic E-state index is -0.376. The molecule has 0 spiro atoms. The molecule has 0 saturated carbocycles. The third-order valence-corrected chi connectivity index (χ3v) is 4.31. The molecule has 0 bridgehead atoms. The predicted molar refractivity (Wildman–Crippen MR) is 88.7 cm³/mol. The first-order valence-electron chi connectivity index (χ1n) is 7.19. The van der Waals surface area contributed by atoms with Gasteiger partial charge in [-0.1, -0.05) is 28.1 Å². The summed E-state index contributed by atoms with van der Waals surface area (Å²) in [5.41, 5.74) is 1.56. The Kier molecular flexibility index (Phi) is 4.43. The summed E-state index contributed by atoms with van der Waals surface area (Å²) in [7, 11) is 0. The van der Waals surface area contributed by atoms with Gasteiger partial charge in [0.25, 0.3) is 5.91 Å². The van der Waals surface area contributed by atoms with Gasteiger partial charge in [0.2, 0.25) is 0 Å². The molecule has 1 aliphatic rings. The zero-order valence-corrected chi connectivity index (χ0v) is 13.6. The van der Waals surface area contributed by atoms with Gasteiger partial charge in [-0.05, 0) is 36.4 Å². The first-order chi connectivity index (χ1) is 10.6. The largest absolute Gasteiger partial charge is 0.368 e. The maximum atomic E-state index is 13.2. The molecule has 114 valence electrons. The van der Waals surface area contributed by atoms with E-state index in [9.17, 15) is 9.18 Å². The molecule has 2 aromatic rings. The SMILES string of the molecule is O=C(c1cccc(F)c1)N1CCN(c2cccc(Br)c2)CC1. The number of amides is 1. The highest BCUT2D eigenvalue weighted by Gasteiger charge is 2.22. The monoisotopic (exact) mass is 362 g/mol. The summed E-state index contributed by atoms with van der Waals surface area (Å²) in [5, 5.41) is 0. The average Bonchev–Trinajstić information content (AvgIpc) is 2.54. The second-order valence-corrected chi connectivity index (χ2v) is 6.19. The number of anilines is 1. The summed E-state index contributed by atoms with van der Waals surface area (Å²) < 4.78 is 14.3. The lowest BCUT2D eigenvalue weighted by molar-refractivity contribution is 0.0746. The van der Waals surface area contributed by atoms with Crippen molar-refractivity contribution >= 4 is 27.5 Å². The Bertz CT molecular complexity index is 684. The lowest BCUT2D eigenvalue weighted by Gasteiger charge is -2.36. The van der Waals surface area contributed by atoms with E-state index in [2.05, 4.69) is 33.0 Å². The maximum absolute atomic E-state index is 13.2. The molecule has 3 rings (SSSR count). The van der Waals surface area contributed by atoms with E-state index in [-0.39, 0.29) is 11.7 Å². The van der Waals surface area contributed by atoms with Crippen LogP contribution in [0, 0.1) is 5.82 Å². The van der Waals surface area contributed by atoms with Crippen molar-refractivity contribution in [1.29, 1.82) is 0 Å². The van der Waals surface area contributed by atoms with Gasteiger partial charge in [0, 0.05) is 41.9 Å². The Balaban J connectivity index is 1.65. The minimum absolute atomic E-state index is 0.103. The van der Waals surface area contributed by atoms with Crippen LogP contribution in [0.2, 0.25) is 0 Å². The van der Waals surface area contributed by atoms with Crippen LogP contribution in [0.1, 0.15) is 10.4 Å². The summed E-state index contributed by atoms with van der Waals surface area (Å²) in [6.07, 6.45) is 0. The standard InChI is InChI=1S/C17H16BrFN2O/c18-14-4-2-6-16(12-14)20-7-9-21(10-8-20)17(22)13-3-1-5-15(19)11-13/h1-6,11-12H,7-10H2. The Morgan fingerprint density at radius 2 is 1.73 bits per heavy atom. The molecule has 3 nitrogen and oxygen atoms in total. The Morgan fingerprint density at radius 3 is 2.41 bits per heavy atom. The highest BCUT2D eigenvalue weighted by atomic mass is 79.9. The van der Waals surface area contributed by atoms with Gasteiger partial charge < -0.3 is 9.80 Å². The maximum Gasteiger partial charge on any atom is 0.254 e. The zero-order valence-electron chi connectivity index (χ0n) is 12.0. The van der Waals surface area contributed by atoms with Gasteiger partial charge in [-0.2, -0.15) is 0 Å². The lowest BCUT2D eigenvalue weighted by Crippen LogP contribution is -2.48. The number of nitrogens with zero attached hydrogens (tertiary/aromatic N) is 2. The zero-order chi connectivity index (χ0) is 15.5. The van der Waals surface area contributed by atoms with E-state index in [1.165, 1.54) is 12.1 Å². The average molecular weight is 363 g/mol. The number of carbonyl (C=O) groups excluding carboxylic acids is 1. The first kappa shape index (κ1) is 15.0. The molecule has 1 fully saturated rings. The molecule has 1 saturated heterocycles. The molecule has 5 heteroatoms. The Hall–Kier alpha value is -1.88. The van der Waals surface area contributed by atoms with Crippen molar-refractivity contribution in [3.8, 4) is 0 Å². The van der Waals surface area contributed by atoms with Gasteiger partial charge in [-0.25, -0.2) is 4.39 Å². The van der Waals surface area contributed by atoms with Crippen molar-refractivity contribution in [2.45, 2.75) is 0 Å². The van der Waals surface area contributed by atoms with Crippen LogP contribution >= 0.6 is 15.9 Å².